The van der Waals surface area contributed by atoms with Crippen LogP contribution in [0.5, 0.6) is 17.2 Å². The highest BCUT2D eigenvalue weighted by Gasteiger charge is 2.26. The second kappa shape index (κ2) is 9.41. The van der Waals surface area contributed by atoms with Gasteiger partial charge in [-0.1, -0.05) is 24.3 Å². The van der Waals surface area contributed by atoms with Gasteiger partial charge in [-0.2, -0.15) is 5.26 Å². The first kappa shape index (κ1) is 21.3. The van der Waals surface area contributed by atoms with Crippen LogP contribution in [0, 0.1) is 21.4 Å². The molecule has 0 aliphatic rings. The smallest absolute Gasteiger partial charge is 0.350 e. The molecule has 3 aromatic carbocycles. The van der Waals surface area contributed by atoms with Gasteiger partial charge in [0.2, 0.25) is 0 Å². The van der Waals surface area contributed by atoms with Crippen molar-refractivity contribution in [1.82, 2.24) is 0 Å². The van der Waals surface area contributed by atoms with E-state index in [0.717, 1.165) is 17.2 Å². The Kier molecular flexibility index (Phi) is 6.48. The quantitative estimate of drug-likeness (QED) is 0.235. The van der Waals surface area contributed by atoms with Crippen molar-refractivity contribution < 1.29 is 23.9 Å². The maximum atomic E-state index is 12.6. The highest BCUT2D eigenvalue weighted by Crippen LogP contribution is 2.35. The van der Waals surface area contributed by atoms with Gasteiger partial charge in [-0.25, -0.2) is 4.79 Å². The zero-order valence-corrected chi connectivity index (χ0v) is 16.8. The van der Waals surface area contributed by atoms with Crippen molar-refractivity contribution >= 4 is 11.7 Å². The molecule has 0 saturated carbocycles. The van der Waals surface area contributed by atoms with Crippen LogP contribution >= 0.6 is 0 Å². The third-order valence-corrected chi connectivity index (χ3v) is 4.41. The van der Waals surface area contributed by atoms with Crippen molar-refractivity contribution in [3.05, 3.63) is 81.9 Å². The van der Waals surface area contributed by atoms with Crippen LogP contribution in [0.3, 0.4) is 0 Å². The lowest BCUT2D eigenvalue weighted by atomic mass is 10.0. The third-order valence-electron chi connectivity index (χ3n) is 4.41. The SMILES string of the molecule is CCOc1cc([N+](=O)[O-])c(C(=O)Oc2ccc(-c3ccc(C#N)cc3)cc2)cc1OC. The summed E-state index contributed by atoms with van der Waals surface area (Å²) in [6, 6.07) is 18.2. The normalized spacial score (nSPS) is 10.1. The number of carbonyl (C=O) groups excluding carboxylic acids is 1. The van der Waals surface area contributed by atoms with Crippen molar-refractivity contribution in [2.45, 2.75) is 6.92 Å². The Morgan fingerprint density at radius 2 is 1.65 bits per heavy atom. The van der Waals surface area contributed by atoms with E-state index in [0.29, 0.717) is 5.56 Å². The molecule has 8 heteroatoms. The molecule has 0 radical (unpaired) electrons. The summed E-state index contributed by atoms with van der Waals surface area (Å²) in [4.78, 5) is 23.4. The minimum Gasteiger partial charge on any atom is -0.493 e. The predicted octanol–water partition coefficient (Wildman–Crippen LogP) is 4.76. The summed E-state index contributed by atoms with van der Waals surface area (Å²) in [5.41, 5.74) is 1.62. The monoisotopic (exact) mass is 418 g/mol. The maximum absolute atomic E-state index is 12.6. The van der Waals surface area contributed by atoms with E-state index in [9.17, 15) is 14.9 Å². The van der Waals surface area contributed by atoms with Gasteiger partial charge in [0, 0.05) is 6.07 Å². The fourth-order valence-electron chi connectivity index (χ4n) is 2.91. The van der Waals surface area contributed by atoms with Crippen molar-refractivity contribution in [1.29, 1.82) is 5.26 Å². The average molecular weight is 418 g/mol. The molecule has 0 atom stereocenters. The number of benzene rings is 3. The Hall–Kier alpha value is -4.38. The third kappa shape index (κ3) is 4.79. The molecule has 3 aromatic rings. The first-order valence-corrected chi connectivity index (χ1v) is 9.28. The number of nitrogens with zero attached hydrogens (tertiary/aromatic N) is 2. The Labute approximate surface area is 178 Å². The number of rotatable bonds is 7. The molecule has 0 aliphatic heterocycles. The molecule has 3 rings (SSSR count). The molecule has 8 nitrogen and oxygen atoms in total. The topological polar surface area (TPSA) is 112 Å². The number of hydrogen-bond acceptors (Lipinski definition) is 7. The largest absolute Gasteiger partial charge is 0.493 e. The summed E-state index contributed by atoms with van der Waals surface area (Å²) in [6.45, 7) is 2.01. The first-order valence-electron chi connectivity index (χ1n) is 9.28. The summed E-state index contributed by atoms with van der Waals surface area (Å²) in [5, 5.41) is 20.3. The lowest BCUT2D eigenvalue weighted by molar-refractivity contribution is -0.385. The number of methoxy groups -OCH3 is 1. The standard InChI is InChI=1S/C23H18N2O6/c1-3-30-22-13-20(25(27)28)19(12-21(22)29-2)23(26)31-18-10-8-17(9-11-18)16-6-4-15(14-24)5-7-16/h4-13H,3H2,1-2H3. The van der Waals surface area contributed by atoms with E-state index in [-0.39, 0.29) is 29.4 Å². The van der Waals surface area contributed by atoms with Gasteiger partial charge in [0.15, 0.2) is 11.5 Å². The Bertz CT molecular complexity index is 1150. The summed E-state index contributed by atoms with van der Waals surface area (Å²) in [6.07, 6.45) is 0. The fourth-order valence-corrected chi connectivity index (χ4v) is 2.91. The number of hydrogen-bond donors (Lipinski definition) is 0. The minimum absolute atomic E-state index is 0.167. The van der Waals surface area contributed by atoms with Gasteiger partial charge < -0.3 is 14.2 Å². The van der Waals surface area contributed by atoms with Gasteiger partial charge in [0.1, 0.15) is 11.3 Å². The molecule has 0 fully saturated rings. The van der Waals surface area contributed by atoms with Crippen molar-refractivity contribution in [2.75, 3.05) is 13.7 Å². The van der Waals surface area contributed by atoms with E-state index in [1.165, 1.54) is 13.2 Å². The van der Waals surface area contributed by atoms with Gasteiger partial charge in [-0.05, 0) is 42.3 Å². The number of nitro benzene ring substituents is 1. The lowest BCUT2D eigenvalue weighted by Gasteiger charge is -2.12. The molecule has 0 aliphatic carbocycles. The molecule has 0 unspecified atom stereocenters. The van der Waals surface area contributed by atoms with Crippen molar-refractivity contribution in [2.24, 2.45) is 0 Å². The van der Waals surface area contributed by atoms with Gasteiger partial charge >= 0.3 is 5.97 Å². The summed E-state index contributed by atoms with van der Waals surface area (Å²) >= 11 is 0. The summed E-state index contributed by atoms with van der Waals surface area (Å²) < 4.78 is 15.9. The molecule has 0 heterocycles. The van der Waals surface area contributed by atoms with E-state index in [2.05, 4.69) is 6.07 Å². The van der Waals surface area contributed by atoms with E-state index >= 15 is 0 Å². The van der Waals surface area contributed by atoms with E-state index in [1.807, 2.05) is 12.1 Å². The second-order valence-corrected chi connectivity index (χ2v) is 6.31. The van der Waals surface area contributed by atoms with Crippen LogP contribution in [0.15, 0.2) is 60.7 Å². The van der Waals surface area contributed by atoms with Gasteiger partial charge in [-0.3, -0.25) is 10.1 Å². The fraction of sp³-hybridized carbons (Fsp3) is 0.130. The average Bonchev–Trinajstić information content (AvgIpc) is 2.79. The first-order chi connectivity index (χ1) is 15.0. The molecular weight excluding hydrogens is 400 g/mol. The Morgan fingerprint density at radius 1 is 1.03 bits per heavy atom. The molecule has 0 bridgehead atoms. The molecule has 156 valence electrons. The molecule has 0 aromatic heterocycles. The second-order valence-electron chi connectivity index (χ2n) is 6.31. The highest BCUT2D eigenvalue weighted by atomic mass is 16.6. The minimum atomic E-state index is -0.890. The zero-order chi connectivity index (χ0) is 22.4. The van der Waals surface area contributed by atoms with Crippen LogP contribution in [-0.4, -0.2) is 24.6 Å². The number of esters is 1. The number of nitro groups is 1. The summed E-state index contributed by atoms with van der Waals surface area (Å²) in [7, 11) is 1.38. The molecule has 31 heavy (non-hydrogen) atoms. The van der Waals surface area contributed by atoms with Crippen LogP contribution in [-0.2, 0) is 0 Å². The molecule has 0 N–H and O–H groups in total. The molecular formula is C23H18N2O6. The summed E-state index contributed by atoms with van der Waals surface area (Å²) in [5.74, 6) is -0.306. The zero-order valence-electron chi connectivity index (χ0n) is 16.8. The van der Waals surface area contributed by atoms with Crippen LogP contribution < -0.4 is 14.2 Å². The van der Waals surface area contributed by atoms with Crippen LogP contribution in [0.1, 0.15) is 22.8 Å². The Morgan fingerprint density at radius 3 is 2.16 bits per heavy atom. The van der Waals surface area contributed by atoms with E-state index < -0.39 is 16.6 Å². The van der Waals surface area contributed by atoms with Gasteiger partial charge in [0.25, 0.3) is 5.69 Å². The van der Waals surface area contributed by atoms with Crippen molar-refractivity contribution in [3.63, 3.8) is 0 Å². The van der Waals surface area contributed by atoms with E-state index in [1.54, 1.807) is 43.3 Å². The molecule has 0 amide bonds. The molecule has 0 saturated heterocycles. The van der Waals surface area contributed by atoms with Crippen LogP contribution in [0.25, 0.3) is 11.1 Å². The predicted molar refractivity (Wildman–Crippen MR) is 112 cm³/mol. The Balaban J connectivity index is 1.85. The lowest BCUT2D eigenvalue weighted by Crippen LogP contribution is -2.12. The maximum Gasteiger partial charge on any atom is 0.350 e. The highest BCUT2D eigenvalue weighted by molar-refractivity contribution is 5.96. The number of ether oxygens (including phenoxy) is 3. The van der Waals surface area contributed by atoms with E-state index in [4.69, 9.17) is 19.5 Å². The van der Waals surface area contributed by atoms with Crippen LogP contribution in [0.2, 0.25) is 0 Å². The van der Waals surface area contributed by atoms with Gasteiger partial charge in [-0.15, -0.1) is 0 Å². The molecule has 0 spiro atoms. The van der Waals surface area contributed by atoms with Gasteiger partial charge in [0.05, 0.1) is 36.3 Å². The van der Waals surface area contributed by atoms with Crippen LogP contribution in [0.4, 0.5) is 5.69 Å². The number of nitriles is 1. The number of carbonyl (C=O) groups is 1. The van der Waals surface area contributed by atoms with Crippen molar-refractivity contribution in [3.8, 4) is 34.4 Å².